The van der Waals surface area contributed by atoms with Gasteiger partial charge < -0.3 is 14.8 Å². The highest BCUT2D eigenvalue weighted by Gasteiger charge is 2.27. The van der Waals surface area contributed by atoms with Crippen molar-refractivity contribution in [2.24, 2.45) is 5.92 Å². The largest absolute Gasteiger partial charge is 0.469 e. The third-order valence-corrected chi connectivity index (χ3v) is 2.77. The molecule has 1 fully saturated rings. The van der Waals surface area contributed by atoms with E-state index in [9.17, 15) is 5.11 Å². The minimum Gasteiger partial charge on any atom is -0.469 e. The number of furan rings is 1. The van der Waals surface area contributed by atoms with Gasteiger partial charge in [-0.05, 0) is 37.6 Å². The number of hydrogen-bond acceptors (Lipinski definition) is 3. The Bertz CT molecular complexity index is 239. The summed E-state index contributed by atoms with van der Waals surface area (Å²) in [5, 5.41) is 12.6. The molecule has 0 amide bonds. The second kappa shape index (κ2) is 3.94. The van der Waals surface area contributed by atoms with Crippen LogP contribution in [0.3, 0.4) is 0 Å². The minimum atomic E-state index is 0.171. The zero-order valence-electron chi connectivity index (χ0n) is 7.57. The third kappa shape index (κ3) is 1.76. The van der Waals surface area contributed by atoms with Gasteiger partial charge in [0.2, 0.25) is 0 Å². The van der Waals surface area contributed by atoms with Crippen molar-refractivity contribution < 1.29 is 9.52 Å². The van der Waals surface area contributed by atoms with Gasteiger partial charge in [0.25, 0.3) is 0 Å². The van der Waals surface area contributed by atoms with Gasteiger partial charge in [0.15, 0.2) is 0 Å². The average Bonchev–Trinajstić information content (AvgIpc) is 2.76. The van der Waals surface area contributed by atoms with Crippen molar-refractivity contribution in [1.29, 1.82) is 0 Å². The summed E-state index contributed by atoms with van der Waals surface area (Å²) < 4.78 is 5.31. The molecule has 1 aromatic heterocycles. The molecule has 0 saturated carbocycles. The molecule has 1 aromatic rings. The maximum absolute atomic E-state index is 9.27. The second-order valence-electron chi connectivity index (χ2n) is 3.56. The molecule has 0 radical (unpaired) electrons. The van der Waals surface area contributed by atoms with E-state index in [1.807, 2.05) is 12.1 Å². The van der Waals surface area contributed by atoms with Gasteiger partial charge in [-0.1, -0.05) is 0 Å². The summed E-state index contributed by atoms with van der Waals surface area (Å²) in [7, 11) is 0. The monoisotopic (exact) mass is 181 g/mol. The fraction of sp³-hybridized carbons (Fsp3) is 0.600. The van der Waals surface area contributed by atoms with Gasteiger partial charge in [-0.25, -0.2) is 0 Å². The van der Waals surface area contributed by atoms with Crippen LogP contribution in [0.25, 0.3) is 0 Å². The average molecular weight is 181 g/mol. The third-order valence-electron chi connectivity index (χ3n) is 2.77. The summed E-state index contributed by atoms with van der Waals surface area (Å²) >= 11 is 0. The van der Waals surface area contributed by atoms with Gasteiger partial charge >= 0.3 is 0 Å². The quantitative estimate of drug-likeness (QED) is 0.730. The van der Waals surface area contributed by atoms with E-state index in [1.54, 1.807) is 6.26 Å². The van der Waals surface area contributed by atoms with E-state index in [4.69, 9.17) is 4.42 Å². The maximum Gasteiger partial charge on any atom is 0.109 e. The number of aliphatic hydroxyl groups is 1. The standard InChI is InChI=1S/C10H15NO2/c12-7-9(8-3-4-11-6-8)10-2-1-5-13-10/h1-2,5,8-9,11-12H,3-4,6-7H2. The van der Waals surface area contributed by atoms with Crippen LogP contribution >= 0.6 is 0 Å². The van der Waals surface area contributed by atoms with Gasteiger partial charge in [-0.15, -0.1) is 0 Å². The van der Waals surface area contributed by atoms with E-state index in [-0.39, 0.29) is 12.5 Å². The minimum absolute atomic E-state index is 0.171. The molecule has 2 rings (SSSR count). The van der Waals surface area contributed by atoms with Crippen molar-refractivity contribution in [3.8, 4) is 0 Å². The van der Waals surface area contributed by atoms with Crippen LogP contribution in [0.5, 0.6) is 0 Å². The van der Waals surface area contributed by atoms with Crippen LogP contribution in [0.15, 0.2) is 22.8 Å². The molecule has 72 valence electrons. The normalized spacial score (nSPS) is 24.8. The molecule has 2 N–H and O–H groups in total. The Labute approximate surface area is 77.8 Å². The van der Waals surface area contributed by atoms with Crippen LogP contribution in [0.4, 0.5) is 0 Å². The molecule has 13 heavy (non-hydrogen) atoms. The summed E-state index contributed by atoms with van der Waals surface area (Å²) in [4.78, 5) is 0. The smallest absolute Gasteiger partial charge is 0.109 e. The lowest BCUT2D eigenvalue weighted by Gasteiger charge is -2.17. The predicted octanol–water partition coefficient (Wildman–Crippen LogP) is 0.965. The Morgan fingerprint density at radius 1 is 1.69 bits per heavy atom. The Balaban J connectivity index is 2.08. The number of nitrogens with one attached hydrogen (secondary N) is 1. The molecule has 3 heteroatoms. The molecule has 1 aliphatic rings. The molecule has 3 nitrogen and oxygen atoms in total. The van der Waals surface area contributed by atoms with Crippen molar-refractivity contribution in [3.63, 3.8) is 0 Å². The van der Waals surface area contributed by atoms with Crippen molar-refractivity contribution in [2.45, 2.75) is 12.3 Å². The highest BCUT2D eigenvalue weighted by Crippen LogP contribution is 2.28. The van der Waals surface area contributed by atoms with Crippen LogP contribution in [0, 0.1) is 5.92 Å². The van der Waals surface area contributed by atoms with Crippen LogP contribution < -0.4 is 5.32 Å². The zero-order chi connectivity index (χ0) is 9.10. The molecule has 0 bridgehead atoms. The number of hydrogen-bond donors (Lipinski definition) is 2. The van der Waals surface area contributed by atoms with Crippen LogP contribution in [0.1, 0.15) is 18.1 Å². The molecule has 1 saturated heterocycles. The SMILES string of the molecule is OCC(c1ccco1)C1CCNC1. The number of rotatable bonds is 3. The summed E-state index contributed by atoms with van der Waals surface area (Å²) in [6.07, 6.45) is 2.80. The lowest BCUT2D eigenvalue weighted by atomic mass is 9.90. The topological polar surface area (TPSA) is 45.4 Å². The Kier molecular flexibility index (Phi) is 2.66. The van der Waals surface area contributed by atoms with Crippen molar-refractivity contribution in [2.75, 3.05) is 19.7 Å². The predicted molar refractivity (Wildman–Crippen MR) is 49.5 cm³/mol. The second-order valence-corrected chi connectivity index (χ2v) is 3.56. The van der Waals surface area contributed by atoms with Crippen molar-refractivity contribution in [1.82, 2.24) is 5.32 Å². The first-order chi connectivity index (χ1) is 6.42. The summed E-state index contributed by atoms with van der Waals surface area (Å²) in [6.45, 7) is 2.23. The van der Waals surface area contributed by atoms with Crippen LogP contribution in [0.2, 0.25) is 0 Å². The van der Waals surface area contributed by atoms with Gasteiger partial charge in [-0.2, -0.15) is 0 Å². The highest BCUT2D eigenvalue weighted by molar-refractivity contribution is 5.08. The zero-order valence-corrected chi connectivity index (χ0v) is 7.57. The lowest BCUT2D eigenvalue weighted by Crippen LogP contribution is -2.18. The molecule has 2 heterocycles. The molecule has 2 atom stereocenters. The fourth-order valence-corrected chi connectivity index (χ4v) is 1.99. The van der Waals surface area contributed by atoms with Crippen molar-refractivity contribution >= 4 is 0 Å². The van der Waals surface area contributed by atoms with Crippen molar-refractivity contribution in [3.05, 3.63) is 24.2 Å². The van der Waals surface area contributed by atoms with Crippen LogP contribution in [-0.4, -0.2) is 24.8 Å². The maximum atomic E-state index is 9.27. The van der Waals surface area contributed by atoms with E-state index in [1.165, 1.54) is 0 Å². The Morgan fingerprint density at radius 2 is 2.62 bits per heavy atom. The molecule has 0 aliphatic carbocycles. The molecular weight excluding hydrogens is 166 g/mol. The summed E-state index contributed by atoms with van der Waals surface area (Å²) in [5.74, 6) is 1.61. The molecule has 0 aromatic carbocycles. The van der Waals surface area contributed by atoms with Gasteiger partial charge in [-0.3, -0.25) is 0 Å². The fourth-order valence-electron chi connectivity index (χ4n) is 1.99. The van der Waals surface area contributed by atoms with E-state index >= 15 is 0 Å². The summed E-state index contributed by atoms with van der Waals surface area (Å²) in [5.41, 5.74) is 0. The first-order valence-corrected chi connectivity index (χ1v) is 4.77. The van der Waals surface area contributed by atoms with E-state index in [2.05, 4.69) is 5.32 Å². The first-order valence-electron chi connectivity index (χ1n) is 4.77. The first kappa shape index (κ1) is 8.78. The van der Waals surface area contributed by atoms with Gasteiger partial charge in [0, 0.05) is 5.92 Å². The van der Waals surface area contributed by atoms with Gasteiger partial charge in [0.1, 0.15) is 5.76 Å². The molecule has 2 unspecified atom stereocenters. The van der Waals surface area contributed by atoms with E-state index in [0.29, 0.717) is 5.92 Å². The Hall–Kier alpha value is -0.800. The van der Waals surface area contributed by atoms with E-state index in [0.717, 1.165) is 25.3 Å². The molecule has 1 aliphatic heterocycles. The molecular formula is C10H15NO2. The lowest BCUT2D eigenvalue weighted by molar-refractivity contribution is 0.212. The Morgan fingerprint density at radius 3 is 3.15 bits per heavy atom. The molecule has 0 spiro atoms. The summed E-state index contributed by atoms with van der Waals surface area (Å²) in [6, 6.07) is 3.82. The van der Waals surface area contributed by atoms with Crippen LogP contribution in [-0.2, 0) is 0 Å². The van der Waals surface area contributed by atoms with Gasteiger partial charge in [0.05, 0.1) is 12.9 Å². The number of aliphatic hydroxyl groups excluding tert-OH is 1. The van der Waals surface area contributed by atoms with E-state index < -0.39 is 0 Å². The highest BCUT2D eigenvalue weighted by atomic mass is 16.3.